The van der Waals surface area contributed by atoms with Gasteiger partial charge in [0.25, 0.3) is 0 Å². The maximum absolute atomic E-state index is 5.80. The predicted octanol–water partition coefficient (Wildman–Crippen LogP) is 3.38. The minimum absolute atomic E-state index is 0.109. The Morgan fingerprint density at radius 1 is 1.11 bits per heavy atom. The molecule has 0 radical (unpaired) electrons. The Labute approximate surface area is 117 Å². The van der Waals surface area contributed by atoms with Crippen molar-refractivity contribution in [2.45, 2.75) is 52.8 Å². The van der Waals surface area contributed by atoms with E-state index in [9.17, 15) is 0 Å². The zero-order valence-electron chi connectivity index (χ0n) is 12.8. The fraction of sp³-hybridized carbons (Fsp3) is 0.625. The highest BCUT2D eigenvalue weighted by Crippen LogP contribution is 2.18. The molecule has 3 nitrogen and oxygen atoms in total. The van der Waals surface area contributed by atoms with Crippen molar-refractivity contribution in [2.24, 2.45) is 0 Å². The molecule has 1 aromatic rings. The van der Waals surface area contributed by atoms with Gasteiger partial charge in [-0.3, -0.25) is 0 Å². The van der Waals surface area contributed by atoms with Crippen molar-refractivity contribution in [1.82, 2.24) is 5.32 Å². The number of hydrogen-bond acceptors (Lipinski definition) is 3. The zero-order valence-corrected chi connectivity index (χ0v) is 12.8. The van der Waals surface area contributed by atoms with E-state index in [1.807, 2.05) is 39.0 Å². The van der Waals surface area contributed by atoms with E-state index >= 15 is 0 Å². The van der Waals surface area contributed by atoms with Crippen molar-refractivity contribution in [1.29, 1.82) is 0 Å². The molecule has 1 rings (SSSR count). The smallest absolute Gasteiger partial charge is 0.123 e. The predicted molar refractivity (Wildman–Crippen MR) is 79.6 cm³/mol. The molecule has 1 aromatic carbocycles. The van der Waals surface area contributed by atoms with Crippen molar-refractivity contribution in [3.63, 3.8) is 0 Å². The lowest BCUT2D eigenvalue weighted by Gasteiger charge is -2.20. The van der Waals surface area contributed by atoms with Crippen LogP contribution in [0.2, 0.25) is 0 Å². The van der Waals surface area contributed by atoms with E-state index < -0.39 is 0 Å². The molecule has 0 fully saturated rings. The molecule has 0 aliphatic carbocycles. The van der Waals surface area contributed by atoms with Gasteiger partial charge in [0, 0.05) is 18.2 Å². The van der Waals surface area contributed by atoms with Gasteiger partial charge in [-0.25, -0.2) is 0 Å². The van der Waals surface area contributed by atoms with Crippen LogP contribution in [-0.4, -0.2) is 24.9 Å². The second kappa shape index (κ2) is 7.51. The number of para-hydroxylation sites is 1. The van der Waals surface area contributed by atoms with E-state index in [0.717, 1.165) is 12.3 Å². The second-order valence-electron chi connectivity index (χ2n) is 5.95. The molecule has 0 saturated carbocycles. The molecule has 108 valence electrons. The molecule has 0 atom stereocenters. The number of benzene rings is 1. The number of ether oxygens (including phenoxy) is 2. The molecule has 1 N–H and O–H groups in total. The lowest BCUT2D eigenvalue weighted by molar-refractivity contribution is -0.0164. The second-order valence-corrected chi connectivity index (χ2v) is 5.95. The van der Waals surface area contributed by atoms with Gasteiger partial charge in [0.2, 0.25) is 0 Å². The number of nitrogens with one attached hydrogen (secondary N) is 1. The third-order valence-corrected chi connectivity index (χ3v) is 2.55. The first-order chi connectivity index (χ1) is 8.88. The standard InChI is InChI=1S/C16H27NO2/c1-13(2)17-12-14-8-6-7-9-15(14)18-10-11-19-16(3,4)5/h6-9,13,17H,10-12H2,1-5H3. The van der Waals surface area contributed by atoms with Crippen LogP contribution in [0.25, 0.3) is 0 Å². The molecule has 3 heteroatoms. The van der Waals surface area contributed by atoms with E-state index in [4.69, 9.17) is 9.47 Å². The average molecular weight is 265 g/mol. The molecule has 0 aliphatic rings. The molecule has 19 heavy (non-hydrogen) atoms. The van der Waals surface area contributed by atoms with Gasteiger partial charge in [-0.1, -0.05) is 32.0 Å². The van der Waals surface area contributed by atoms with Crippen molar-refractivity contribution >= 4 is 0 Å². The molecule has 0 saturated heterocycles. The molecule has 0 aliphatic heterocycles. The van der Waals surface area contributed by atoms with E-state index in [0.29, 0.717) is 19.3 Å². The minimum atomic E-state index is -0.109. The highest BCUT2D eigenvalue weighted by molar-refractivity contribution is 5.33. The summed E-state index contributed by atoms with van der Waals surface area (Å²) in [6.45, 7) is 12.4. The molecule has 0 unspecified atom stereocenters. The summed E-state index contributed by atoms with van der Waals surface area (Å²) in [4.78, 5) is 0. The highest BCUT2D eigenvalue weighted by Gasteiger charge is 2.10. The molecule has 0 amide bonds. The highest BCUT2D eigenvalue weighted by atomic mass is 16.5. The largest absolute Gasteiger partial charge is 0.491 e. The third kappa shape index (κ3) is 7.19. The topological polar surface area (TPSA) is 30.5 Å². The Bertz CT molecular complexity index is 369. The summed E-state index contributed by atoms with van der Waals surface area (Å²) < 4.78 is 11.4. The van der Waals surface area contributed by atoms with Gasteiger partial charge in [0.05, 0.1) is 12.2 Å². The molecular formula is C16H27NO2. The molecular weight excluding hydrogens is 238 g/mol. The van der Waals surface area contributed by atoms with E-state index in [1.54, 1.807) is 0 Å². The van der Waals surface area contributed by atoms with Crippen LogP contribution in [0.1, 0.15) is 40.2 Å². The fourth-order valence-electron chi connectivity index (χ4n) is 1.60. The van der Waals surface area contributed by atoms with Gasteiger partial charge in [0.15, 0.2) is 0 Å². The first-order valence-electron chi connectivity index (χ1n) is 6.96. The van der Waals surface area contributed by atoms with Gasteiger partial charge in [-0.05, 0) is 26.8 Å². The summed E-state index contributed by atoms with van der Waals surface area (Å²) in [6.07, 6.45) is 0. The third-order valence-electron chi connectivity index (χ3n) is 2.55. The SMILES string of the molecule is CC(C)NCc1ccccc1OCCOC(C)(C)C. The summed E-state index contributed by atoms with van der Waals surface area (Å²) in [7, 11) is 0. The fourth-order valence-corrected chi connectivity index (χ4v) is 1.60. The number of hydrogen-bond donors (Lipinski definition) is 1. The lowest BCUT2D eigenvalue weighted by Crippen LogP contribution is -2.23. The van der Waals surface area contributed by atoms with Crippen molar-refractivity contribution in [2.75, 3.05) is 13.2 Å². The van der Waals surface area contributed by atoms with Crippen LogP contribution in [0.15, 0.2) is 24.3 Å². The van der Waals surface area contributed by atoms with Crippen LogP contribution in [-0.2, 0) is 11.3 Å². The van der Waals surface area contributed by atoms with E-state index in [2.05, 4.69) is 25.2 Å². The first kappa shape index (κ1) is 16.0. The Morgan fingerprint density at radius 2 is 1.79 bits per heavy atom. The summed E-state index contributed by atoms with van der Waals surface area (Å²) >= 11 is 0. The maximum Gasteiger partial charge on any atom is 0.123 e. The molecule has 0 aromatic heterocycles. The van der Waals surface area contributed by atoms with Crippen LogP contribution in [0.5, 0.6) is 5.75 Å². The van der Waals surface area contributed by atoms with Gasteiger partial charge in [-0.2, -0.15) is 0 Å². The first-order valence-corrected chi connectivity index (χ1v) is 6.96. The minimum Gasteiger partial charge on any atom is -0.491 e. The zero-order chi connectivity index (χ0) is 14.3. The Balaban J connectivity index is 2.44. The van der Waals surface area contributed by atoms with Crippen LogP contribution >= 0.6 is 0 Å². The van der Waals surface area contributed by atoms with E-state index in [1.165, 1.54) is 5.56 Å². The summed E-state index contributed by atoms with van der Waals surface area (Å²) in [5, 5.41) is 3.41. The molecule has 0 spiro atoms. The average Bonchev–Trinajstić information content (AvgIpc) is 2.32. The maximum atomic E-state index is 5.80. The summed E-state index contributed by atoms with van der Waals surface area (Å²) in [5.74, 6) is 0.938. The normalized spacial score (nSPS) is 11.9. The van der Waals surface area contributed by atoms with Crippen LogP contribution < -0.4 is 10.1 Å². The lowest BCUT2D eigenvalue weighted by atomic mass is 10.2. The summed E-state index contributed by atoms with van der Waals surface area (Å²) in [5.41, 5.74) is 1.08. The van der Waals surface area contributed by atoms with Crippen molar-refractivity contribution < 1.29 is 9.47 Å². The van der Waals surface area contributed by atoms with Crippen molar-refractivity contribution in [3.8, 4) is 5.75 Å². The Hall–Kier alpha value is -1.06. The van der Waals surface area contributed by atoms with Gasteiger partial charge >= 0.3 is 0 Å². The Morgan fingerprint density at radius 3 is 2.42 bits per heavy atom. The van der Waals surface area contributed by atoms with Crippen LogP contribution in [0.4, 0.5) is 0 Å². The van der Waals surface area contributed by atoms with Gasteiger partial charge in [-0.15, -0.1) is 0 Å². The van der Waals surface area contributed by atoms with Gasteiger partial charge in [0.1, 0.15) is 12.4 Å². The van der Waals surface area contributed by atoms with Crippen LogP contribution in [0, 0.1) is 0 Å². The van der Waals surface area contributed by atoms with E-state index in [-0.39, 0.29) is 5.60 Å². The van der Waals surface area contributed by atoms with Crippen molar-refractivity contribution in [3.05, 3.63) is 29.8 Å². The quantitative estimate of drug-likeness (QED) is 0.767. The van der Waals surface area contributed by atoms with Gasteiger partial charge < -0.3 is 14.8 Å². The summed E-state index contributed by atoms with van der Waals surface area (Å²) in [6, 6.07) is 8.61. The molecule has 0 heterocycles. The monoisotopic (exact) mass is 265 g/mol. The van der Waals surface area contributed by atoms with Crippen LogP contribution in [0.3, 0.4) is 0 Å². The Kier molecular flexibility index (Phi) is 6.32. The molecule has 0 bridgehead atoms. The number of rotatable bonds is 7.